The molecule has 5 nitrogen and oxygen atoms in total. The van der Waals surface area contributed by atoms with Gasteiger partial charge in [0.1, 0.15) is 11.6 Å². The zero-order valence-electron chi connectivity index (χ0n) is 15.3. The zero-order valence-corrected chi connectivity index (χ0v) is 16.2. The van der Waals surface area contributed by atoms with Gasteiger partial charge in [-0.05, 0) is 50.2 Å². The second-order valence-corrected chi connectivity index (χ2v) is 7.15. The van der Waals surface area contributed by atoms with E-state index in [9.17, 15) is 14.0 Å². The fraction of sp³-hybridized carbons (Fsp3) is 0.190. The molecule has 3 rings (SSSR count). The minimum absolute atomic E-state index is 0.283. The molecule has 0 saturated heterocycles. The van der Waals surface area contributed by atoms with E-state index in [-0.39, 0.29) is 5.56 Å². The van der Waals surface area contributed by atoms with E-state index in [1.54, 1.807) is 18.2 Å². The predicted octanol–water partition coefficient (Wildman–Crippen LogP) is 4.84. The van der Waals surface area contributed by atoms with Crippen molar-refractivity contribution in [1.29, 1.82) is 0 Å². The minimum atomic E-state index is -0.991. The molecular formula is C21H18FNO4S. The number of rotatable bonds is 7. The molecule has 3 aromatic rings. The van der Waals surface area contributed by atoms with Crippen molar-refractivity contribution in [3.63, 3.8) is 0 Å². The second kappa shape index (κ2) is 8.84. The summed E-state index contributed by atoms with van der Waals surface area (Å²) in [5.74, 6) is -0.170. The lowest BCUT2D eigenvalue weighted by Gasteiger charge is -2.14. The second-order valence-electron chi connectivity index (χ2n) is 6.13. The average Bonchev–Trinajstić information content (AvgIpc) is 3.11. The van der Waals surface area contributed by atoms with Crippen molar-refractivity contribution in [2.75, 3.05) is 0 Å². The van der Waals surface area contributed by atoms with Gasteiger partial charge in [-0.25, -0.2) is 9.18 Å². The van der Waals surface area contributed by atoms with E-state index in [2.05, 4.69) is 5.16 Å². The molecule has 0 N–H and O–H groups in total. The topological polar surface area (TPSA) is 69.4 Å². The standard InChI is InChI=1S/C21H18FNO4S/c1-13-11-17(23-27-13)12-28-19-6-4-3-5-18(19)21(25)26-14(2)20(24)15-7-9-16(22)10-8-15/h3-11,14H,12H2,1-2H3/t14-/m0/s1. The van der Waals surface area contributed by atoms with E-state index in [4.69, 9.17) is 9.26 Å². The molecule has 0 amide bonds. The SMILES string of the molecule is Cc1cc(CSc2ccccc2C(=O)O[C@@H](C)C(=O)c2ccc(F)cc2)no1. The monoisotopic (exact) mass is 399 g/mol. The highest BCUT2D eigenvalue weighted by atomic mass is 32.2. The van der Waals surface area contributed by atoms with Crippen molar-refractivity contribution in [3.8, 4) is 0 Å². The van der Waals surface area contributed by atoms with Crippen LogP contribution in [0.2, 0.25) is 0 Å². The number of esters is 1. The number of nitrogens with zero attached hydrogens (tertiary/aromatic N) is 1. The van der Waals surface area contributed by atoms with Crippen LogP contribution in [0.15, 0.2) is 64.0 Å². The van der Waals surface area contributed by atoms with Gasteiger partial charge in [0, 0.05) is 22.3 Å². The molecule has 0 aliphatic heterocycles. The first-order valence-electron chi connectivity index (χ1n) is 8.59. The number of carbonyl (C=O) groups excluding carboxylic acids is 2. The van der Waals surface area contributed by atoms with Crippen LogP contribution in [0.4, 0.5) is 4.39 Å². The molecule has 2 aromatic carbocycles. The molecule has 1 atom stereocenters. The molecular weight excluding hydrogens is 381 g/mol. The normalized spacial score (nSPS) is 11.8. The maximum Gasteiger partial charge on any atom is 0.339 e. The molecule has 0 fully saturated rings. The number of thioether (sulfide) groups is 1. The molecule has 0 unspecified atom stereocenters. The lowest BCUT2D eigenvalue weighted by molar-refractivity contribution is 0.0315. The van der Waals surface area contributed by atoms with Crippen LogP contribution < -0.4 is 0 Å². The van der Waals surface area contributed by atoms with Gasteiger partial charge in [0.05, 0.1) is 11.3 Å². The number of carbonyl (C=O) groups is 2. The molecule has 0 bridgehead atoms. The molecule has 0 saturated carbocycles. The molecule has 0 spiro atoms. The summed E-state index contributed by atoms with van der Waals surface area (Å²) in [5.41, 5.74) is 1.42. The number of aromatic nitrogens is 1. The fourth-order valence-corrected chi connectivity index (χ4v) is 3.45. The van der Waals surface area contributed by atoms with Gasteiger partial charge >= 0.3 is 5.97 Å². The third kappa shape index (κ3) is 4.86. The minimum Gasteiger partial charge on any atom is -0.451 e. The van der Waals surface area contributed by atoms with Gasteiger partial charge in [-0.1, -0.05) is 17.3 Å². The Morgan fingerprint density at radius 1 is 1.18 bits per heavy atom. The van der Waals surface area contributed by atoms with Crippen molar-refractivity contribution in [1.82, 2.24) is 5.16 Å². The predicted molar refractivity (Wildman–Crippen MR) is 103 cm³/mol. The van der Waals surface area contributed by atoms with Crippen molar-refractivity contribution >= 4 is 23.5 Å². The molecule has 0 aliphatic carbocycles. The van der Waals surface area contributed by atoms with Crippen molar-refractivity contribution in [2.24, 2.45) is 0 Å². The number of ketones is 1. The average molecular weight is 399 g/mol. The summed E-state index contributed by atoms with van der Waals surface area (Å²) in [6.45, 7) is 3.31. The molecule has 1 heterocycles. The van der Waals surface area contributed by atoms with E-state index >= 15 is 0 Å². The van der Waals surface area contributed by atoms with E-state index in [0.717, 1.165) is 16.3 Å². The smallest absolute Gasteiger partial charge is 0.339 e. The van der Waals surface area contributed by atoms with Crippen LogP contribution in [0.5, 0.6) is 0 Å². The molecule has 7 heteroatoms. The first-order valence-corrected chi connectivity index (χ1v) is 9.57. The number of ether oxygens (including phenoxy) is 1. The lowest BCUT2D eigenvalue weighted by atomic mass is 10.1. The number of benzene rings is 2. The van der Waals surface area contributed by atoms with Crippen LogP contribution in [0.3, 0.4) is 0 Å². The van der Waals surface area contributed by atoms with E-state index in [1.165, 1.54) is 43.0 Å². The number of aryl methyl sites for hydroxylation is 1. The highest BCUT2D eigenvalue weighted by molar-refractivity contribution is 7.98. The van der Waals surface area contributed by atoms with Gasteiger partial charge in [-0.3, -0.25) is 4.79 Å². The van der Waals surface area contributed by atoms with Crippen LogP contribution in [-0.4, -0.2) is 23.0 Å². The van der Waals surface area contributed by atoms with Crippen molar-refractivity contribution in [3.05, 3.63) is 83.0 Å². The number of hydrogen-bond acceptors (Lipinski definition) is 6. The Bertz CT molecular complexity index is 984. The van der Waals surface area contributed by atoms with Gasteiger partial charge in [0.2, 0.25) is 5.78 Å². The van der Waals surface area contributed by atoms with Crippen LogP contribution in [0.25, 0.3) is 0 Å². The van der Waals surface area contributed by atoms with Crippen LogP contribution in [0.1, 0.15) is 39.1 Å². The summed E-state index contributed by atoms with van der Waals surface area (Å²) in [6.07, 6.45) is -0.991. The number of hydrogen-bond donors (Lipinski definition) is 0. The van der Waals surface area contributed by atoms with Gasteiger partial charge in [-0.15, -0.1) is 11.8 Å². The first kappa shape index (κ1) is 19.8. The third-order valence-electron chi connectivity index (χ3n) is 3.94. The summed E-state index contributed by atoms with van der Waals surface area (Å²) >= 11 is 1.43. The van der Waals surface area contributed by atoms with E-state index in [1.807, 2.05) is 19.1 Å². The van der Waals surface area contributed by atoms with E-state index in [0.29, 0.717) is 11.3 Å². The largest absolute Gasteiger partial charge is 0.451 e. The van der Waals surface area contributed by atoms with Crippen LogP contribution in [0, 0.1) is 12.7 Å². The van der Waals surface area contributed by atoms with Crippen LogP contribution >= 0.6 is 11.8 Å². The third-order valence-corrected chi connectivity index (χ3v) is 5.05. The fourth-order valence-electron chi connectivity index (χ4n) is 2.53. The van der Waals surface area contributed by atoms with Gasteiger partial charge in [0.15, 0.2) is 6.10 Å². The van der Waals surface area contributed by atoms with E-state index < -0.39 is 23.7 Å². The van der Waals surface area contributed by atoms with Gasteiger partial charge in [0.25, 0.3) is 0 Å². The Morgan fingerprint density at radius 2 is 1.89 bits per heavy atom. The van der Waals surface area contributed by atoms with Crippen molar-refractivity contribution < 1.29 is 23.2 Å². The Balaban J connectivity index is 1.68. The molecule has 28 heavy (non-hydrogen) atoms. The zero-order chi connectivity index (χ0) is 20.1. The number of halogens is 1. The quantitative estimate of drug-likeness (QED) is 0.322. The van der Waals surface area contributed by atoms with Gasteiger partial charge < -0.3 is 9.26 Å². The molecule has 1 aromatic heterocycles. The summed E-state index contributed by atoms with van der Waals surface area (Å²) in [7, 11) is 0. The number of Topliss-reactive ketones (excluding diaryl/α,β-unsaturated/α-hetero) is 1. The van der Waals surface area contributed by atoms with Gasteiger partial charge in [-0.2, -0.15) is 0 Å². The first-order chi connectivity index (χ1) is 13.4. The Morgan fingerprint density at radius 3 is 2.57 bits per heavy atom. The molecule has 0 radical (unpaired) electrons. The Kier molecular flexibility index (Phi) is 6.26. The molecule has 0 aliphatic rings. The Hall–Kier alpha value is -2.93. The maximum atomic E-state index is 13.0. The lowest BCUT2D eigenvalue weighted by Crippen LogP contribution is -2.24. The summed E-state index contributed by atoms with van der Waals surface area (Å²) < 4.78 is 23.4. The molecule has 144 valence electrons. The Labute approximate surface area is 165 Å². The summed E-state index contributed by atoms with van der Waals surface area (Å²) in [5, 5.41) is 3.93. The highest BCUT2D eigenvalue weighted by Crippen LogP contribution is 2.27. The summed E-state index contributed by atoms with van der Waals surface area (Å²) in [4.78, 5) is 25.7. The van der Waals surface area contributed by atoms with Crippen molar-refractivity contribution in [2.45, 2.75) is 30.6 Å². The highest BCUT2D eigenvalue weighted by Gasteiger charge is 2.22. The maximum absolute atomic E-state index is 13.0. The van der Waals surface area contributed by atoms with Crippen LogP contribution in [-0.2, 0) is 10.5 Å². The summed E-state index contributed by atoms with van der Waals surface area (Å²) in [6, 6.07) is 14.0.